The highest BCUT2D eigenvalue weighted by Gasteiger charge is 2.38. The summed E-state index contributed by atoms with van der Waals surface area (Å²) in [5.74, 6) is 2.70. The number of anilines is 10. The second-order valence-electron chi connectivity index (χ2n) is 24.4. The van der Waals surface area contributed by atoms with Gasteiger partial charge in [-0.1, -0.05) is 34.8 Å². The number of likely N-dealkylation sites (tertiary alicyclic amines) is 1. The lowest BCUT2D eigenvalue weighted by atomic mass is 9.71. The first-order valence-electron chi connectivity index (χ1n) is 30.0. The Bertz CT molecular complexity index is 3970. The number of ether oxygens (including phenoxy) is 2. The number of fused-ring (bicyclic) bond motifs is 2. The van der Waals surface area contributed by atoms with Crippen LogP contribution in [0.2, 0.25) is 15.1 Å². The van der Waals surface area contributed by atoms with Gasteiger partial charge < -0.3 is 59.5 Å². The van der Waals surface area contributed by atoms with E-state index in [-0.39, 0.29) is 0 Å². The van der Waals surface area contributed by atoms with Crippen LogP contribution in [0.3, 0.4) is 0 Å². The molecule has 0 radical (unpaired) electrons. The second kappa shape index (κ2) is 27.0. The Morgan fingerprint density at radius 3 is 1.46 bits per heavy atom. The van der Waals surface area contributed by atoms with Crippen LogP contribution in [0.15, 0.2) is 85.7 Å². The molecule has 21 nitrogen and oxygen atoms in total. The Labute approximate surface area is 535 Å². The number of rotatable bonds is 15. The number of halogens is 3. The maximum absolute atomic E-state index is 13.4. The molecule has 0 aliphatic carbocycles. The fourth-order valence-electron chi connectivity index (χ4n) is 12.7. The van der Waals surface area contributed by atoms with Gasteiger partial charge in [0.1, 0.15) is 46.9 Å². The zero-order valence-corrected chi connectivity index (χ0v) is 56.0. The van der Waals surface area contributed by atoms with Gasteiger partial charge in [-0.3, -0.25) is 24.8 Å². The highest BCUT2D eigenvalue weighted by Crippen LogP contribution is 2.47. The van der Waals surface area contributed by atoms with Gasteiger partial charge in [0, 0.05) is 101 Å². The average Bonchev–Trinajstić information content (AvgIpc) is 1.14. The summed E-state index contributed by atoms with van der Waals surface area (Å²) >= 11 is 19.9. The van der Waals surface area contributed by atoms with Crippen LogP contribution in [0.5, 0.6) is 11.5 Å². The molecule has 8 aromatic rings. The first-order valence-corrected chi connectivity index (χ1v) is 36.4. The first-order chi connectivity index (χ1) is 42.6. The number of aromatic nitrogens is 8. The molecule has 0 atom stereocenters. The van der Waals surface area contributed by atoms with Crippen molar-refractivity contribution in [3.63, 3.8) is 0 Å². The van der Waals surface area contributed by atoms with Gasteiger partial charge in [-0.25, -0.2) is 9.97 Å². The fraction of sp³-hybridized carbons (Fsp3) is 0.429. The number of likely N-dealkylation sites (N-methyl/N-ethyl adjacent to an activating group) is 1. The molecule has 4 N–H and O–H groups in total. The number of nitrogens with zero attached hydrogens (tertiary/aromatic N) is 13. The van der Waals surface area contributed by atoms with Crippen LogP contribution in [0.25, 0.3) is 22.1 Å². The first kappa shape index (κ1) is 63.9. The van der Waals surface area contributed by atoms with E-state index in [1.165, 1.54) is 56.9 Å². The molecular weight excluding hydrogens is 1230 g/mol. The van der Waals surface area contributed by atoms with Crippen molar-refractivity contribution in [2.45, 2.75) is 51.5 Å². The zero-order chi connectivity index (χ0) is 62.8. The van der Waals surface area contributed by atoms with Crippen molar-refractivity contribution in [3.05, 3.63) is 106 Å². The molecule has 4 aliphatic heterocycles. The maximum atomic E-state index is 13.4. The summed E-state index contributed by atoms with van der Waals surface area (Å²) in [4.78, 5) is 48.1. The van der Waals surface area contributed by atoms with E-state index in [1.807, 2.05) is 36.4 Å². The molecule has 4 fully saturated rings. The third-order valence-electron chi connectivity index (χ3n) is 17.7. The van der Waals surface area contributed by atoms with Crippen molar-refractivity contribution in [1.82, 2.24) is 54.6 Å². The third kappa shape index (κ3) is 14.6. The van der Waals surface area contributed by atoms with Crippen molar-refractivity contribution < 1.29 is 18.6 Å². The molecule has 12 rings (SSSR count). The summed E-state index contributed by atoms with van der Waals surface area (Å²) in [7, 11) is 2.20. The maximum Gasteiger partial charge on any atom is 0.229 e. The Balaban J connectivity index is 0.000000184. The largest absolute Gasteiger partial charge is 0.494 e. The van der Waals surface area contributed by atoms with E-state index in [0.29, 0.717) is 111 Å². The van der Waals surface area contributed by atoms with Gasteiger partial charge in [0.2, 0.25) is 11.9 Å². The molecule has 26 heteroatoms. The highest BCUT2D eigenvalue weighted by atomic mass is 35.5. The van der Waals surface area contributed by atoms with Crippen LogP contribution in [0, 0.1) is 12.3 Å². The lowest BCUT2D eigenvalue weighted by Crippen LogP contribution is -2.52. The Morgan fingerprint density at radius 1 is 0.517 bits per heavy atom. The molecule has 0 amide bonds. The van der Waals surface area contributed by atoms with Gasteiger partial charge in [0.15, 0.2) is 11.6 Å². The molecule has 1 spiro atoms. The summed E-state index contributed by atoms with van der Waals surface area (Å²) in [5.41, 5.74) is 8.82. The van der Waals surface area contributed by atoms with Gasteiger partial charge in [0.25, 0.3) is 0 Å². The quantitative estimate of drug-likeness (QED) is 0.0701. The average molecular weight is 1310 g/mol. The van der Waals surface area contributed by atoms with E-state index in [0.717, 1.165) is 82.1 Å². The minimum absolute atomic E-state index is 0.291. The molecule has 8 heterocycles. The molecule has 0 bridgehead atoms. The van der Waals surface area contributed by atoms with Gasteiger partial charge in [-0.15, -0.1) is 0 Å². The van der Waals surface area contributed by atoms with Crippen LogP contribution in [-0.4, -0.2) is 181 Å². The summed E-state index contributed by atoms with van der Waals surface area (Å²) in [5, 5.41) is 15.5. The van der Waals surface area contributed by atoms with Crippen molar-refractivity contribution in [2.75, 3.05) is 151 Å². The minimum Gasteiger partial charge on any atom is -0.494 e. The SMILES string of the molecule is COc1cc(N2CCC(N3CCN(C)CC3)CC2)c(C)cc1Nc1ncc(Cl)c(Nc2ccc3nccnc3c2P(C)(C)=O)n1.COc1cc(N2CCC3(CCN(C)CC3)CC2)c(Cl)cc1Nc1ncc(Cl)c(Nc2ccc3nccnc3c2P(C)(C)=O)n1. The second-order valence-corrected chi connectivity index (χ2v) is 32.0. The standard InChI is InChI=1S/C32H41ClN9O2P.C31H37Cl2N8O2P/c1-21-18-26(28(44-3)19-27(21)42-12-8-22(9-13-42)41-16-14-40(2)15-17-41)38-32-36-20-23(33)31(39-32)37-25-7-6-24-29(35-11-10-34-24)30(25)45(4,5)43;1-40-13-7-31(8-14-40)9-15-41(16-10-31)25-18-26(43-2)24(17-20(25)32)38-30-36-19-21(33)29(39-30)37-23-6-5-22-27(35-12-11-34-22)28(23)44(3,4)42/h6-7,10-11,18-20,22H,8-9,12-17H2,1-5H3,(H2,36,37,38,39);5-6,11-12,17-19H,7-10,13-16H2,1-4H3,(H2,36,37,38,39). The number of piperidine rings is 3. The van der Waals surface area contributed by atoms with Gasteiger partial charge in [-0.2, -0.15) is 9.97 Å². The predicted molar refractivity (Wildman–Crippen MR) is 365 cm³/mol. The predicted octanol–water partition coefficient (Wildman–Crippen LogP) is 12.1. The number of aryl methyl sites for hydroxylation is 1. The normalized spacial score (nSPS) is 17.1. The minimum atomic E-state index is -2.77. The van der Waals surface area contributed by atoms with E-state index in [9.17, 15) is 9.13 Å². The van der Waals surface area contributed by atoms with Crippen LogP contribution in [0.1, 0.15) is 44.1 Å². The molecular formula is C63H78Cl3N17O4P2. The van der Waals surface area contributed by atoms with Crippen molar-refractivity contribution in [1.29, 1.82) is 0 Å². The topological polar surface area (TPSA) is 220 Å². The van der Waals surface area contributed by atoms with E-state index >= 15 is 0 Å². The Kier molecular flexibility index (Phi) is 19.4. The fourth-order valence-corrected chi connectivity index (χ4v) is 16.0. The van der Waals surface area contributed by atoms with Crippen LogP contribution < -0.4 is 51.1 Å². The van der Waals surface area contributed by atoms with Crippen molar-refractivity contribution in [2.24, 2.45) is 5.41 Å². The smallest absolute Gasteiger partial charge is 0.229 e. The number of methoxy groups -OCH3 is 2. The van der Waals surface area contributed by atoms with Crippen LogP contribution in [0.4, 0.5) is 57.7 Å². The molecule has 89 heavy (non-hydrogen) atoms. The zero-order valence-electron chi connectivity index (χ0n) is 51.9. The molecule has 0 saturated carbocycles. The monoisotopic (exact) mass is 1300 g/mol. The lowest BCUT2D eigenvalue weighted by molar-refractivity contribution is 0.0945. The summed E-state index contributed by atoms with van der Waals surface area (Å²) in [6.45, 7) is 19.9. The summed E-state index contributed by atoms with van der Waals surface area (Å²) in [6.07, 6.45) is 16.7. The van der Waals surface area contributed by atoms with E-state index in [2.05, 4.69) is 119 Å². The van der Waals surface area contributed by atoms with Gasteiger partial charge in [0.05, 0.1) is 81.7 Å². The van der Waals surface area contributed by atoms with Gasteiger partial charge >= 0.3 is 0 Å². The number of nitrogens with one attached hydrogen (secondary N) is 4. The van der Waals surface area contributed by atoms with E-state index in [1.54, 1.807) is 65.7 Å². The third-order valence-corrected chi connectivity index (χ3v) is 21.6. The Hall–Kier alpha value is -6.67. The summed E-state index contributed by atoms with van der Waals surface area (Å²) < 4.78 is 38.3. The van der Waals surface area contributed by atoms with E-state index in [4.69, 9.17) is 44.3 Å². The molecule has 0 unspecified atom stereocenters. The number of piperazine rings is 1. The van der Waals surface area contributed by atoms with Crippen LogP contribution in [-0.2, 0) is 9.13 Å². The van der Waals surface area contributed by atoms with Gasteiger partial charge in [-0.05, 0) is 147 Å². The Morgan fingerprint density at radius 2 is 0.966 bits per heavy atom. The molecule has 4 aromatic carbocycles. The molecule has 4 saturated heterocycles. The number of hydrogen-bond acceptors (Lipinski definition) is 21. The number of hydrogen-bond donors (Lipinski definition) is 4. The van der Waals surface area contributed by atoms with Crippen LogP contribution >= 0.6 is 49.1 Å². The summed E-state index contributed by atoms with van der Waals surface area (Å²) in [6, 6.07) is 16.0. The number of benzene rings is 4. The highest BCUT2D eigenvalue weighted by molar-refractivity contribution is 7.71. The van der Waals surface area contributed by atoms with Crippen molar-refractivity contribution >= 4 is 139 Å². The lowest BCUT2D eigenvalue weighted by Gasteiger charge is -2.47. The molecule has 470 valence electrons. The van der Waals surface area contributed by atoms with E-state index < -0.39 is 14.3 Å². The molecule has 4 aliphatic rings. The van der Waals surface area contributed by atoms with Crippen molar-refractivity contribution in [3.8, 4) is 11.5 Å². The molecule has 4 aromatic heterocycles.